The summed E-state index contributed by atoms with van der Waals surface area (Å²) in [4.78, 5) is 0. The lowest BCUT2D eigenvalue weighted by atomic mass is 10.0. The number of aliphatic hydroxyl groups excluding tert-OH is 1. The van der Waals surface area contributed by atoms with E-state index in [1.54, 1.807) is 0 Å². The summed E-state index contributed by atoms with van der Waals surface area (Å²) in [6.07, 6.45) is 0.772. The summed E-state index contributed by atoms with van der Waals surface area (Å²) in [5.41, 5.74) is 0. The summed E-state index contributed by atoms with van der Waals surface area (Å²) < 4.78 is 12.1. The molecule has 10 heavy (non-hydrogen) atoms. The fraction of sp³-hybridized carbons (Fsp3) is 1.00. The Hall–Kier alpha value is -0.150. The van der Waals surface area contributed by atoms with Gasteiger partial charge < -0.3 is 10.4 Å². The van der Waals surface area contributed by atoms with Gasteiger partial charge in [0, 0.05) is 18.0 Å². The van der Waals surface area contributed by atoms with Crippen molar-refractivity contribution in [2.24, 2.45) is 5.92 Å². The van der Waals surface area contributed by atoms with E-state index >= 15 is 0 Å². The zero-order valence-electron chi connectivity index (χ0n) is 6.18. The second-order valence-corrected chi connectivity index (χ2v) is 2.98. The minimum Gasteiger partial charge on any atom is -0.395 e. The first-order valence-electron chi connectivity index (χ1n) is 3.70. The van der Waals surface area contributed by atoms with Gasteiger partial charge in [0.2, 0.25) is 0 Å². The number of halogens is 1. The molecule has 0 spiro atoms. The fourth-order valence-electron chi connectivity index (χ4n) is 1.47. The van der Waals surface area contributed by atoms with Crippen molar-refractivity contribution in [2.75, 3.05) is 13.3 Å². The van der Waals surface area contributed by atoms with Crippen LogP contribution >= 0.6 is 0 Å². The van der Waals surface area contributed by atoms with Crippen LogP contribution in [0.5, 0.6) is 0 Å². The topological polar surface area (TPSA) is 32.3 Å². The molecule has 0 unspecified atom stereocenters. The molecule has 0 amide bonds. The van der Waals surface area contributed by atoms with Crippen LogP contribution in [0.1, 0.15) is 13.3 Å². The highest BCUT2D eigenvalue weighted by molar-refractivity contribution is 4.87. The summed E-state index contributed by atoms with van der Waals surface area (Å²) in [5.74, 6) is 0.108. The lowest BCUT2D eigenvalue weighted by Crippen LogP contribution is -2.31. The second kappa shape index (κ2) is 3.30. The van der Waals surface area contributed by atoms with Crippen molar-refractivity contribution in [1.82, 2.24) is 5.32 Å². The average molecular weight is 147 g/mol. The van der Waals surface area contributed by atoms with E-state index in [9.17, 15) is 4.39 Å². The van der Waals surface area contributed by atoms with E-state index in [2.05, 4.69) is 5.32 Å². The van der Waals surface area contributed by atoms with Gasteiger partial charge in [-0.05, 0) is 13.3 Å². The lowest BCUT2D eigenvalue weighted by molar-refractivity contribution is 0.250. The number of alkyl halides is 1. The maximum absolute atomic E-state index is 12.1. The molecule has 3 atom stereocenters. The molecule has 2 nitrogen and oxygen atoms in total. The number of rotatable bonds is 2. The molecule has 0 aromatic rings. The SMILES string of the molecule is C[C@@H]1N[C@H](CO)C[C@@H]1CF. The molecule has 1 fully saturated rings. The zero-order chi connectivity index (χ0) is 7.56. The van der Waals surface area contributed by atoms with Gasteiger partial charge in [0.25, 0.3) is 0 Å². The second-order valence-electron chi connectivity index (χ2n) is 2.98. The van der Waals surface area contributed by atoms with Crippen LogP contribution < -0.4 is 5.32 Å². The highest BCUT2D eigenvalue weighted by Crippen LogP contribution is 2.19. The summed E-state index contributed by atoms with van der Waals surface area (Å²) >= 11 is 0. The lowest BCUT2D eigenvalue weighted by Gasteiger charge is -2.08. The zero-order valence-corrected chi connectivity index (χ0v) is 6.18. The van der Waals surface area contributed by atoms with Gasteiger partial charge in [0.05, 0.1) is 13.3 Å². The molecule has 3 heteroatoms. The van der Waals surface area contributed by atoms with Gasteiger partial charge in [-0.15, -0.1) is 0 Å². The Balaban J connectivity index is 2.36. The van der Waals surface area contributed by atoms with Gasteiger partial charge >= 0.3 is 0 Å². The van der Waals surface area contributed by atoms with Crippen molar-refractivity contribution in [3.63, 3.8) is 0 Å². The Morgan fingerprint density at radius 2 is 2.40 bits per heavy atom. The van der Waals surface area contributed by atoms with Gasteiger partial charge in [-0.1, -0.05) is 0 Å². The molecule has 0 aliphatic carbocycles. The summed E-state index contributed by atoms with van der Waals surface area (Å²) in [6, 6.07) is 0.345. The first-order chi connectivity index (χ1) is 4.77. The first-order valence-corrected chi connectivity index (χ1v) is 3.70. The molecule has 1 aliphatic heterocycles. The molecule has 0 aromatic heterocycles. The molecule has 1 aliphatic rings. The Kier molecular flexibility index (Phi) is 2.63. The maximum Gasteiger partial charge on any atom is 0.0937 e. The third-order valence-corrected chi connectivity index (χ3v) is 2.21. The quantitative estimate of drug-likeness (QED) is 0.589. The van der Waals surface area contributed by atoms with Crippen LogP contribution in [0.3, 0.4) is 0 Å². The number of hydrogen-bond donors (Lipinski definition) is 2. The minimum atomic E-state index is -0.273. The smallest absolute Gasteiger partial charge is 0.0937 e. The Bertz CT molecular complexity index is 110. The van der Waals surface area contributed by atoms with Gasteiger partial charge in [-0.25, -0.2) is 0 Å². The molecule has 0 aromatic carbocycles. The van der Waals surface area contributed by atoms with E-state index in [-0.39, 0.29) is 31.3 Å². The number of nitrogens with one attached hydrogen (secondary N) is 1. The highest BCUT2D eigenvalue weighted by atomic mass is 19.1. The maximum atomic E-state index is 12.1. The van der Waals surface area contributed by atoms with E-state index in [1.807, 2.05) is 6.92 Å². The van der Waals surface area contributed by atoms with Gasteiger partial charge in [-0.2, -0.15) is 0 Å². The molecular formula is C7H14FNO. The largest absolute Gasteiger partial charge is 0.395 e. The Labute approximate surface area is 60.4 Å². The highest BCUT2D eigenvalue weighted by Gasteiger charge is 2.29. The van der Waals surface area contributed by atoms with Crippen LogP contribution in [0.25, 0.3) is 0 Å². The van der Waals surface area contributed by atoms with Crippen LogP contribution in [-0.4, -0.2) is 30.5 Å². The summed E-state index contributed by atoms with van der Waals surface area (Å²) in [7, 11) is 0. The van der Waals surface area contributed by atoms with E-state index in [4.69, 9.17) is 5.11 Å². The van der Waals surface area contributed by atoms with E-state index < -0.39 is 0 Å². The predicted octanol–water partition coefficient (Wildman–Crippen LogP) is 0.315. The van der Waals surface area contributed by atoms with Crippen molar-refractivity contribution < 1.29 is 9.50 Å². The summed E-state index contributed by atoms with van der Waals surface area (Å²) in [5, 5.41) is 11.8. The monoisotopic (exact) mass is 147 g/mol. The molecule has 1 saturated heterocycles. The standard InChI is InChI=1S/C7H14FNO/c1-5-6(3-8)2-7(4-10)9-5/h5-7,9-10H,2-4H2,1H3/t5-,6+,7-/m0/s1. The van der Waals surface area contributed by atoms with Crippen LogP contribution in [-0.2, 0) is 0 Å². The number of aliphatic hydroxyl groups is 1. The third kappa shape index (κ3) is 1.47. The van der Waals surface area contributed by atoms with Gasteiger partial charge in [-0.3, -0.25) is 4.39 Å². The van der Waals surface area contributed by atoms with Crippen molar-refractivity contribution in [3.8, 4) is 0 Å². The normalized spacial score (nSPS) is 40.5. The van der Waals surface area contributed by atoms with Crippen molar-refractivity contribution >= 4 is 0 Å². The van der Waals surface area contributed by atoms with Crippen LogP contribution in [0.2, 0.25) is 0 Å². The van der Waals surface area contributed by atoms with Gasteiger partial charge in [0.1, 0.15) is 0 Å². The molecule has 60 valence electrons. The van der Waals surface area contributed by atoms with E-state index in [1.165, 1.54) is 0 Å². The molecule has 2 N–H and O–H groups in total. The van der Waals surface area contributed by atoms with Crippen molar-refractivity contribution in [2.45, 2.75) is 25.4 Å². The first kappa shape index (κ1) is 7.95. The molecular weight excluding hydrogens is 133 g/mol. The van der Waals surface area contributed by atoms with E-state index in [0.717, 1.165) is 6.42 Å². The van der Waals surface area contributed by atoms with E-state index in [0.29, 0.717) is 0 Å². The fourth-order valence-corrected chi connectivity index (χ4v) is 1.47. The Morgan fingerprint density at radius 3 is 2.70 bits per heavy atom. The molecule has 1 rings (SSSR count). The third-order valence-electron chi connectivity index (χ3n) is 2.21. The van der Waals surface area contributed by atoms with Crippen molar-refractivity contribution in [1.29, 1.82) is 0 Å². The van der Waals surface area contributed by atoms with Crippen LogP contribution in [0, 0.1) is 5.92 Å². The summed E-state index contributed by atoms with van der Waals surface area (Å²) in [6.45, 7) is 1.81. The van der Waals surface area contributed by atoms with Gasteiger partial charge in [0.15, 0.2) is 0 Å². The van der Waals surface area contributed by atoms with Crippen LogP contribution in [0.15, 0.2) is 0 Å². The molecule has 1 heterocycles. The van der Waals surface area contributed by atoms with Crippen molar-refractivity contribution in [3.05, 3.63) is 0 Å². The Morgan fingerprint density at radius 1 is 1.70 bits per heavy atom. The molecule has 0 saturated carbocycles. The number of hydrogen-bond acceptors (Lipinski definition) is 2. The average Bonchev–Trinajstić information content (AvgIpc) is 2.30. The van der Waals surface area contributed by atoms with Crippen LogP contribution in [0.4, 0.5) is 4.39 Å². The molecule has 0 radical (unpaired) electrons. The minimum absolute atomic E-state index is 0.108. The molecule has 0 bridgehead atoms. The predicted molar refractivity (Wildman–Crippen MR) is 37.6 cm³/mol.